The molecule has 1 aliphatic carbocycles. The number of carbonyl (C=O) groups is 1. The van der Waals surface area contributed by atoms with E-state index >= 15 is 0 Å². The number of hydrogen-bond donors (Lipinski definition) is 1. The molecular formula is C19H33ClN4O. The van der Waals surface area contributed by atoms with E-state index in [0.29, 0.717) is 23.7 Å². The van der Waals surface area contributed by atoms with Gasteiger partial charge in [0, 0.05) is 45.5 Å². The molecule has 3 rings (SSSR count). The summed E-state index contributed by atoms with van der Waals surface area (Å²) in [5.74, 6) is 2.53. The van der Waals surface area contributed by atoms with Gasteiger partial charge in [0.25, 0.3) is 0 Å². The lowest BCUT2D eigenvalue weighted by molar-refractivity contribution is -0.136. The standard InChI is InChI=1S/C19H32N4O.ClH/c1-14-9-15(12-19(2,3)11-14)10-17(24)23-8-5-20-13-16(23)18-21-6-7-22(18)4;/h6-7,14-16,20H,5,8-13H2,1-4H3;1H. The Morgan fingerprint density at radius 2 is 2.16 bits per heavy atom. The Kier molecular flexibility index (Phi) is 6.55. The van der Waals surface area contributed by atoms with Crippen molar-refractivity contribution in [1.82, 2.24) is 19.8 Å². The molecule has 1 saturated heterocycles. The fraction of sp³-hybridized carbons (Fsp3) is 0.789. The zero-order valence-corrected chi connectivity index (χ0v) is 16.8. The summed E-state index contributed by atoms with van der Waals surface area (Å²) in [6, 6.07) is 0.0558. The molecule has 1 amide bonds. The first kappa shape index (κ1) is 20.2. The van der Waals surface area contributed by atoms with E-state index in [0.717, 1.165) is 31.4 Å². The topological polar surface area (TPSA) is 50.2 Å². The lowest BCUT2D eigenvalue weighted by atomic mass is 9.67. The number of halogens is 1. The minimum atomic E-state index is 0. The number of nitrogens with zero attached hydrogens (tertiary/aromatic N) is 3. The van der Waals surface area contributed by atoms with Gasteiger partial charge in [-0.3, -0.25) is 4.79 Å². The number of amides is 1. The first-order chi connectivity index (χ1) is 11.4. The maximum absolute atomic E-state index is 13.1. The Morgan fingerprint density at radius 1 is 1.40 bits per heavy atom. The van der Waals surface area contributed by atoms with Crippen LogP contribution in [0, 0.1) is 17.3 Å². The second-order valence-electron chi connectivity index (χ2n) is 8.69. The van der Waals surface area contributed by atoms with Crippen LogP contribution >= 0.6 is 12.4 Å². The molecule has 142 valence electrons. The van der Waals surface area contributed by atoms with Crippen molar-refractivity contribution in [2.45, 2.75) is 52.5 Å². The molecule has 1 aliphatic heterocycles. The normalized spacial score (nSPS) is 29.1. The van der Waals surface area contributed by atoms with Gasteiger partial charge in [0.15, 0.2) is 0 Å². The predicted molar refractivity (Wildman–Crippen MR) is 103 cm³/mol. The van der Waals surface area contributed by atoms with Crippen molar-refractivity contribution >= 4 is 18.3 Å². The minimum absolute atomic E-state index is 0. The molecule has 1 aromatic heterocycles. The number of rotatable bonds is 3. The molecule has 5 nitrogen and oxygen atoms in total. The van der Waals surface area contributed by atoms with Crippen LogP contribution in [0.1, 0.15) is 58.3 Å². The van der Waals surface area contributed by atoms with Gasteiger partial charge in [0.05, 0.1) is 0 Å². The van der Waals surface area contributed by atoms with E-state index in [1.165, 1.54) is 19.3 Å². The summed E-state index contributed by atoms with van der Waals surface area (Å²) in [6.45, 7) is 9.48. The number of aryl methyl sites for hydroxylation is 1. The number of nitrogens with one attached hydrogen (secondary N) is 1. The third kappa shape index (κ3) is 4.76. The summed E-state index contributed by atoms with van der Waals surface area (Å²) in [4.78, 5) is 19.6. The number of hydrogen-bond acceptors (Lipinski definition) is 3. The lowest BCUT2D eigenvalue weighted by Crippen LogP contribution is -2.50. The van der Waals surface area contributed by atoms with Crippen LogP contribution in [0.4, 0.5) is 0 Å². The van der Waals surface area contributed by atoms with Crippen LogP contribution in [0.2, 0.25) is 0 Å². The molecule has 6 heteroatoms. The summed E-state index contributed by atoms with van der Waals surface area (Å²) in [5, 5.41) is 3.41. The van der Waals surface area contributed by atoms with Crippen molar-refractivity contribution < 1.29 is 4.79 Å². The summed E-state index contributed by atoms with van der Waals surface area (Å²) < 4.78 is 2.03. The lowest BCUT2D eigenvalue weighted by Gasteiger charge is -2.41. The van der Waals surface area contributed by atoms with Gasteiger partial charge >= 0.3 is 0 Å². The van der Waals surface area contributed by atoms with Crippen molar-refractivity contribution in [3.05, 3.63) is 18.2 Å². The van der Waals surface area contributed by atoms with E-state index in [4.69, 9.17) is 0 Å². The first-order valence-electron chi connectivity index (χ1n) is 9.33. The summed E-state index contributed by atoms with van der Waals surface area (Å²) in [6.07, 6.45) is 8.10. The van der Waals surface area contributed by atoms with Gasteiger partial charge in [-0.05, 0) is 36.5 Å². The quantitative estimate of drug-likeness (QED) is 0.891. The molecule has 2 heterocycles. The van der Waals surface area contributed by atoms with Gasteiger partial charge in [-0.1, -0.05) is 20.8 Å². The van der Waals surface area contributed by atoms with Gasteiger partial charge in [-0.15, -0.1) is 12.4 Å². The molecule has 3 atom stereocenters. The third-order valence-electron chi connectivity index (χ3n) is 5.66. The van der Waals surface area contributed by atoms with Crippen LogP contribution in [-0.4, -0.2) is 40.0 Å². The highest BCUT2D eigenvalue weighted by Crippen LogP contribution is 2.43. The largest absolute Gasteiger partial charge is 0.336 e. The second kappa shape index (κ2) is 8.09. The summed E-state index contributed by atoms with van der Waals surface area (Å²) >= 11 is 0. The van der Waals surface area contributed by atoms with E-state index in [9.17, 15) is 4.79 Å². The third-order valence-corrected chi connectivity index (χ3v) is 5.66. The molecule has 1 saturated carbocycles. The zero-order chi connectivity index (χ0) is 17.3. The molecule has 0 aromatic carbocycles. The fourth-order valence-electron chi connectivity index (χ4n) is 5.00. The Morgan fingerprint density at radius 3 is 2.80 bits per heavy atom. The van der Waals surface area contributed by atoms with Crippen LogP contribution in [0.25, 0.3) is 0 Å². The summed E-state index contributed by atoms with van der Waals surface area (Å²) in [7, 11) is 2.00. The molecule has 2 aliphatic rings. The molecule has 3 unspecified atom stereocenters. The first-order valence-corrected chi connectivity index (χ1v) is 9.33. The van der Waals surface area contributed by atoms with Crippen LogP contribution < -0.4 is 5.32 Å². The number of imidazole rings is 1. The SMILES string of the molecule is CC1CC(CC(=O)N2CCNCC2c2nccn2C)CC(C)(C)C1.Cl. The average Bonchev–Trinajstić information content (AvgIpc) is 2.91. The van der Waals surface area contributed by atoms with Gasteiger partial charge in [-0.2, -0.15) is 0 Å². The Balaban J connectivity index is 0.00000225. The van der Waals surface area contributed by atoms with Gasteiger partial charge < -0.3 is 14.8 Å². The van der Waals surface area contributed by atoms with Crippen molar-refractivity contribution in [3.8, 4) is 0 Å². The van der Waals surface area contributed by atoms with Crippen molar-refractivity contribution in [2.75, 3.05) is 19.6 Å². The van der Waals surface area contributed by atoms with Gasteiger partial charge in [-0.25, -0.2) is 4.98 Å². The molecule has 1 aromatic rings. The predicted octanol–water partition coefficient (Wildman–Crippen LogP) is 3.17. The number of carbonyl (C=O) groups excluding carboxylic acids is 1. The monoisotopic (exact) mass is 368 g/mol. The molecule has 0 spiro atoms. The van der Waals surface area contributed by atoms with Crippen LogP contribution in [0.3, 0.4) is 0 Å². The van der Waals surface area contributed by atoms with Gasteiger partial charge in [0.2, 0.25) is 5.91 Å². The fourth-order valence-corrected chi connectivity index (χ4v) is 5.00. The zero-order valence-electron chi connectivity index (χ0n) is 16.0. The maximum atomic E-state index is 13.1. The summed E-state index contributed by atoms with van der Waals surface area (Å²) in [5.41, 5.74) is 0.366. The Bertz CT molecular complexity index is 586. The van der Waals surface area contributed by atoms with Crippen LogP contribution in [0.15, 0.2) is 12.4 Å². The number of aromatic nitrogens is 2. The Hall–Kier alpha value is -1.07. The van der Waals surface area contributed by atoms with Crippen molar-refractivity contribution in [3.63, 3.8) is 0 Å². The van der Waals surface area contributed by atoms with E-state index in [-0.39, 0.29) is 18.4 Å². The van der Waals surface area contributed by atoms with E-state index in [1.807, 2.05) is 24.0 Å². The molecule has 1 N–H and O–H groups in total. The molecule has 25 heavy (non-hydrogen) atoms. The van der Waals surface area contributed by atoms with Crippen LogP contribution in [-0.2, 0) is 11.8 Å². The van der Waals surface area contributed by atoms with Gasteiger partial charge in [0.1, 0.15) is 11.9 Å². The average molecular weight is 369 g/mol. The highest BCUT2D eigenvalue weighted by molar-refractivity contribution is 5.85. The maximum Gasteiger partial charge on any atom is 0.223 e. The van der Waals surface area contributed by atoms with E-state index in [1.54, 1.807) is 0 Å². The molecule has 2 fully saturated rings. The molecule has 0 bridgehead atoms. The van der Waals surface area contributed by atoms with E-state index in [2.05, 4.69) is 36.0 Å². The molecule has 0 radical (unpaired) electrons. The second-order valence-corrected chi connectivity index (χ2v) is 8.69. The highest BCUT2D eigenvalue weighted by atomic mass is 35.5. The van der Waals surface area contributed by atoms with Crippen molar-refractivity contribution in [2.24, 2.45) is 24.3 Å². The Labute approximate surface area is 158 Å². The van der Waals surface area contributed by atoms with Crippen molar-refractivity contribution in [1.29, 1.82) is 0 Å². The van der Waals surface area contributed by atoms with Crippen LogP contribution in [0.5, 0.6) is 0 Å². The molecular weight excluding hydrogens is 336 g/mol. The highest BCUT2D eigenvalue weighted by Gasteiger charge is 2.36. The minimum Gasteiger partial charge on any atom is -0.336 e. The van der Waals surface area contributed by atoms with E-state index < -0.39 is 0 Å². The smallest absolute Gasteiger partial charge is 0.223 e. The number of piperazine rings is 1.